The lowest BCUT2D eigenvalue weighted by Gasteiger charge is -1.93. The highest BCUT2D eigenvalue weighted by Gasteiger charge is 2.02. The fourth-order valence-electron chi connectivity index (χ4n) is 0.315. The lowest BCUT2D eigenvalue weighted by molar-refractivity contribution is -0.154. The highest BCUT2D eigenvalue weighted by atomic mass is 32.1. The van der Waals surface area contributed by atoms with Gasteiger partial charge in [0, 0.05) is 6.08 Å². The third-order valence-electron chi connectivity index (χ3n) is 0.646. The molecule has 0 aliphatic rings. The molecule has 0 N–H and O–H groups in total. The van der Waals surface area contributed by atoms with E-state index in [-0.39, 0.29) is 5.75 Å². The smallest absolute Gasteiger partial charge is 0.338 e. The van der Waals surface area contributed by atoms with Crippen LogP contribution in [0.25, 0.3) is 0 Å². The molecule has 10 heavy (non-hydrogen) atoms. The summed E-state index contributed by atoms with van der Waals surface area (Å²) < 4.78 is 4.20. The molecule has 0 heterocycles. The summed E-state index contributed by atoms with van der Waals surface area (Å²) in [5.74, 6) is -1.36. The summed E-state index contributed by atoms with van der Waals surface area (Å²) in [6.45, 7) is 1.66. The van der Waals surface area contributed by atoms with Gasteiger partial charge in [-0.05, 0) is 6.92 Å². The number of ether oxygens (including phenoxy) is 1. The monoisotopic (exact) mass is 160 g/mol. The van der Waals surface area contributed by atoms with Gasteiger partial charge in [-0.2, -0.15) is 12.6 Å². The van der Waals surface area contributed by atoms with Crippen LogP contribution in [0.3, 0.4) is 0 Å². The molecular weight excluding hydrogens is 152 g/mol. The lowest BCUT2D eigenvalue weighted by atomic mass is 10.5. The van der Waals surface area contributed by atoms with E-state index in [9.17, 15) is 9.59 Å². The number of thiol groups is 1. The first-order chi connectivity index (χ1) is 4.70. The fraction of sp³-hybridized carbons (Fsp3) is 0.333. The van der Waals surface area contributed by atoms with E-state index in [0.717, 1.165) is 0 Å². The van der Waals surface area contributed by atoms with E-state index in [1.807, 2.05) is 0 Å². The SMILES string of the molecule is C/C=C/C(=O)OC(=O)CS. The van der Waals surface area contributed by atoms with Gasteiger partial charge in [0.2, 0.25) is 0 Å². The van der Waals surface area contributed by atoms with Crippen LogP contribution >= 0.6 is 12.6 Å². The van der Waals surface area contributed by atoms with Crippen LogP contribution < -0.4 is 0 Å². The number of esters is 2. The molecule has 0 aromatic rings. The zero-order valence-electron chi connectivity index (χ0n) is 5.53. The zero-order valence-corrected chi connectivity index (χ0v) is 6.43. The first kappa shape index (κ1) is 9.23. The Balaban J connectivity index is 3.68. The molecular formula is C6H8O3S. The quantitative estimate of drug-likeness (QED) is 0.278. The molecule has 0 saturated heterocycles. The van der Waals surface area contributed by atoms with Gasteiger partial charge in [-0.3, -0.25) is 4.79 Å². The summed E-state index contributed by atoms with van der Waals surface area (Å²) >= 11 is 3.61. The first-order valence-corrected chi connectivity index (χ1v) is 3.32. The molecule has 0 amide bonds. The van der Waals surface area contributed by atoms with Gasteiger partial charge in [-0.25, -0.2) is 4.79 Å². The van der Waals surface area contributed by atoms with Crippen molar-refractivity contribution in [1.29, 1.82) is 0 Å². The number of hydrogen-bond acceptors (Lipinski definition) is 4. The van der Waals surface area contributed by atoms with Crippen molar-refractivity contribution in [2.75, 3.05) is 5.75 Å². The molecule has 0 aliphatic carbocycles. The van der Waals surface area contributed by atoms with E-state index in [0.29, 0.717) is 0 Å². The van der Waals surface area contributed by atoms with E-state index in [2.05, 4.69) is 17.4 Å². The van der Waals surface area contributed by atoms with Crippen molar-refractivity contribution in [3.63, 3.8) is 0 Å². The van der Waals surface area contributed by atoms with Crippen molar-refractivity contribution in [3.05, 3.63) is 12.2 Å². The molecule has 0 aliphatic heterocycles. The predicted molar refractivity (Wildman–Crippen MR) is 39.8 cm³/mol. The summed E-state index contributed by atoms with van der Waals surface area (Å²) in [7, 11) is 0. The van der Waals surface area contributed by atoms with E-state index < -0.39 is 11.9 Å². The number of carbonyl (C=O) groups excluding carboxylic acids is 2. The van der Waals surface area contributed by atoms with Crippen LogP contribution in [-0.2, 0) is 14.3 Å². The van der Waals surface area contributed by atoms with Gasteiger partial charge < -0.3 is 4.74 Å². The van der Waals surface area contributed by atoms with E-state index in [1.54, 1.807) is 6.92 Å². The van der Waals surface area contributed by atoms with Crippen LogP contribution in [0.1, 0.15) is 6.92 Å². The maximum Gasteiger partial charge on any atom is 0.338 e. The van der Waals surface area contributed by atoms with E-state index in [4.69, 9.17) is 0 Å². The second kappa shape index (κ2) is 5.05. The van der Waals surface area contributed by atoms with Crippen molar-refractivity contribution in [2.24, 2.45) is 0 Å². The topological polar surface area (TPSA) is 43.4 Å². The van der Waals surface area contributed by atoms with Gasteiger partial charge in [0.05, 0.1) is 5.75 Å². The number of allylic oxidation sites excluding steroid dienone is 1. The van der Waals surface area contributed by atoms with Crippen molar-refractivity contribution >= 4 is 24.6 Å². The molecule has 56 valence electrons. The third-order valence-corrected chi connectivity index (χ3v) is 0.904. The molecule has 0 aromatic heterocycles. The van der Waals surface area contributed by atoms with E-state index in [1.165, 1.54) is 12.2 Å². The standard InChI is InChI=1S/C6H8O3S/c1-2-3-5(7)9-6(8)4-10/h2-3,10H,4H2,1H3/b3-2+. The molecule has 0 aromatic carbocycles. The van der Waals surface area contributed by atoms with Crippen molar-refractivity contribution in [3.8, 4) is 0 Å². The molecule has 4 heteroatoms. The number of hydrogen-bond donors (Lipinski definition) is 1. The second-order valence-electron chi connectivity index (χ2n) is 1.45. The molecule has 0 bridgehead atoms. The van der Waals surface area contributed by atoms with Gasteiger partial charge in [0.1, 0.15) is 0 Å². The zero-order chi connectivity index (χ0) is 7.98. The Kier molecular flexibility index (Phi) is 4.66. The summed E-state index contributed by atoms with van der Waals surface area (Å²) in [5.41, 5.74) is 0. The van der Waals surface area contributed by atoms with Crippen LogP contribution in [0.4, 0.5) is 0 Å². The molecule has 0 fully saturated rings. The minimum absolute atomic E-state index is 0.0801. The van der Waals surface area contributed by atoms with Gasteiger partial charge >= 0.3 is 11.9 Å². The number of rotatable bonds is 2. The Hall–Kier alpha value is -0.770. The largest absolute Gasteiger partial charge is 0.389 e. The highest BCUT2D eigenvalue weighted by Crippen LogP contribution is 1.85. The minimum atomic E-state index is -0.651. The first-order valence-electron chi connectivity index (χ1n) is 2.69. The van der Waals surface area contributed by atoms with Crippen LogP contribution in [-0.4, -0.2) is 17.7 Å². The molecule has 0 unspecified atom stereocenters. The molecule has 0 spiro atoms. The van der Waals surface area contributed by atoms with Crippen molar-refractivity contribution in [2.45, 2.75) is 6.92 Å². The average molecular weight is 160 g/mol. The van der Waals surface area contributed by atoms with Gasteiger partial charge in [-0.1, -0.05) is 6.08 Å². The Morgan fingerprint density at radius 1 is 1.60 bits per heavy atom. The molecule has 0 atom stereocenters. The Labute approximate surface area is 64.5 Å². The van der Waals surface area contributed by atoms with Crippen LogP contribution in [0.5, 0.6) is 0 Å². The molecule has 0 saturated carbocycles. The van der Waals surface area contributed by atoms with E-state index >= 15 is 0 Å². The number of carbonyl (C=O) groups is 2. The summed E-state index contributed by atoms with van der Waals surface area (Å²) in [4.78, 5) is 20.8. The predicted octanol–water partition coefficient (Wildman–Crippen LogP) is 0.562. The van der Waals surface area contributed by atoms with Crippen LogP contribution in [0, 0.1) is 0 Å². The summed E-state index contributed by atoms with van der Waals surface area (Å²) in [5, 5.41) is 0. The Morgan fingerprint density at radius 2 is 2.20 bits per heavy atom. The fourth-order valence-corrected chi connectivity index (χ4v) is 0.379. The molecule has 3 nitrogen and oxygen atoms in total. The average Bonchev–Trinajstić information content (AvgIpc) is 1.88. The lowest BCUT2D eigenvalue weighted by Crippen LogP contribution is -2.10. The van der Waals surface area contributed by atoms with Gasteiger partial charge in [0.25, 0.3) is 0 Å². The molecule has 0 radical (unpaired) electrons. The highest BCUT2D eigenvalue weighted by molar-refractivity contribution is 7.81. The van der Waals surface area contributed by atoms with Gasteiger partial charge in [0.15, 0.2) is 0 Å². The van der Waals surface area contributed by atoms with Crippen molar-refractivity contribution in [1.82, 2.24) is 0 Å². The van der Waals surface area contributed by atoms with Crippen LogP contribution in [0.2, 0.25) is 0 Å². The normalized spacial score (nSPS) is 9.80. The Morgan fingerprint density at radius 3 is 2.60 bits per heavy atom. The molecule has 0 rings (SSSR count). The summed E-state index contributed by atoms with van der Waals surface area (Å²) in [6, 6.07) is 0. The maximum atomic E-state index is 10.4. The van der Waals surface area contributed by atoms with Crippen molar-refractivity contribution < 1.29 is 14.3 Å². The second-order valence-corrected chi connectivity index (χ2v) is 1.77. The minimum Gasteiger partial charge on any atom is -0.389 e. The van der Waals surface area contributed by atoms with Crippen LogP contribution in [0.15, 0.2) is 12.2 Å². The van der Waals surface area contributed by atoms with Gasteiger partial charge in [-0.15, -0.1) is 0 Å². The maximum absolute atomic E-state index is 10.4. The summed E-state index contributed by atoms with van der Waals surface area (Å²) in [6.07, 6.45) is 2.66. The third kappa shape index (κ3) is 4.14. The Bertz CT molecular complexity index is 162.